The molecule has 3 rings (SSSR count). The maximum atomic E-state index is 13.5. The van der Waals surface area contributed by atoms with E-state index >= 15 is 0 Å². The Morgan fingerprint density at radius 2 is 1.92 bits per heavy atom. The van der Waals surface area contributed by atoms with Crippen LogP contribution in [0.3, 0.4) is 0 Å². The number of alkyl halides is 2. The highest BCUT2D eigenvalue weighted by atomic mass is 19.3. The third kappa shape index (κ3) is 3.54. The molecule has 0 saturated heterocycles. The lowest BCUT2D eigenvalue weighted by Crippen LogP contribution is -2.27. The number of halogens is 3. The predicted octanol–water partition coefficient (Wildman–Crippen LogP) is 3.86. The maximum absolute atomic E-state index is 13.5. The average molecular weight is 362 g/mol. The van der Waals surface area contributed by atoms with Gasteiger partial charge in [-0.3, -0.25) is 4.79 Å². The van der Waals surface area contributed by atoms with Gasteiger partial charge in [0.05, 0.1) is 11.9 Å². The number of aromatic nitrogens is 3. The van der Waals surface area contributed by atoms with Crippen molar-refractivity contribution in [3.63, 3.8) is 0 Å². The standard InChI is InChI=1S/C18H17F3N4O/c1-10(2)8-22-18(26)13-9-23-25-15(16(20)21)7-14(24-17(13)25)11-3-5-12(19)6-4-11/h3-7,9-10,16H,8H2,1-2H3,(H,22,26). The lowest BCUT2D eigenvalue weighted by Gasteiger charge is -2.09. The van der Waals surface area contributed by atoms with Crippen molar-refractivity contribution in [1.82, 2.24) is 19.9 Å². The molecule has 0 bridgehead atoms. The molecule has 0 radical (unpaired) electrons. The highest BCUT2D eigenvalue weighted by molar-refractivity contribution is 5.99. The van der Waals surface area contributed by atoms with E-state index in [-0.39, 0.29) is 22.8 Å². The number of fused-ring (bicyclic) bond motifs is 1. The summed E-state index contributed by atoms with van der Waals surface area (Å²) >= 11 is 0. The van der Waals surface area contributed by atoms with Crippen LogP contribution in [0.4, 0.5) is 13.2 Å². The van der Waals surface area contributed by atoms with Crippen LogP contribution < -0.4 is 5.32 Å². The van der Waals surface area contributed by atoms with E-state index in [1.54, 1.807) is 0 Å². The first-order chi connectivity index (χ1) is 12.4. The van der Waals surface area contributed by atoms with Gasteiger partial charge < -0.3 is 5.32 Å². The predicted molar refractivity (Wildman–Crippen MR) is 90.5 cm³/mol. The molecule has 0 aliphatic carbocycles. The lowest BCUT2D eigenvalue weighted by molar-refractivity contribution is 0.0950. The number of nitrogens with zero attached hydrogens (tertiary/aromatic N) is 3. The number of carbonyl (C=O) groups excluding carboxylic acids is 1. The van der Waals surface area contributed by atoms with E-state index in [9.17, 15) is 18.0 Å². The van der Waals surface area contributed by atoms with Crippen molar-refractivity contribution >= 4 is 11.6 Å². The van der Waals surface area contributed by atoms with Crippen LogP contribution in [0.5, 0.6) is 0 Å². The molecule has 1 aromatic carbocycles. The molecule has 2 heterocycles. The van der Waals surface area contributed by atoms with Crippen molar-refractivity contribution in [2.45, 2.75) is 20.3 Å². The van der Waals surface area contributed by atoms with Gasteiger partial charge in [-0.25, -0.2) is 22.7 Å². The van der Waals surface area contributed by atoms with Crippen molar-refractivity contribution in [2.24, 2.45) is 5.92 Å². The number of hydrogen-bond donors (Lipinski definition) is 1. The molecule has 1 N–H and O–H groups in total. The third-order valence-electron chi connectivity index (χ3n) is 3.78. The maximum Gasteiger partial charge on any atom is 0.280 e. The molecule has 0 aliphatic rings. The Morgan fingerprint density at radius 3 is 2.54 bits per heavy atom. The van der Waals surface area contributed by atoms with Gasteiger partial charge in [0.25, 0.3) is 12.3 Å². The van der Waals surface area contributed by atoms with Gasteiger partial charge in [0, 0.05) is 12.1 Å². The Balaban J connectivity index is 2.11. The van der Waals surface area contributed by atoms with Crippen LogP contribution in [0.25, 0.3) is 16.9 Å². The largest absolute Gasteiger partial charge is 0.352 e. The topological polar surface area (TPSA) is 59.3 Å². The SMILES string of the molecule is CC(C)CNC(=O)c1cnn2c(C(F)F)cc(-c3ccc(F)cc3)nc12. The smallest absolute Gasteiger partial charge is 0.280 e. The number of amides is 1. The quantitative estimate of drug-likeness (QED) is 0.750. The molecule has 1 amide bonds. The highest BCUT2D eigenvalue weighted by Gasteiger charge is 2.21. The van der Waals surface area contributed by atoms with Gasteiger partial charge >= 0.3 is 0 Å². The molecule has 0 atom stereocenters. The fourth-order valence-electron chi connectivity index (χ4n) is 2.46. The Bertz CT molecular complexity index is 936. The van der Waals surface area contributed by atoms with E-state index in [1.807, 2.05) is 13.8 Å². The zero-order chi connectivity index (χ0) is 18.8. The average Bonchev–Trinajstić information content (AvgIpc) is 3.03. The summed E-state index contributed by atoms with van der Waals surface area (Å²) in [7, 11) is 0. The zero-order valence-electron chi connectivity index (χ0n) is 14.2. The molecular formula is C18H17F3N4O. The Kier molecular flexibility index (Phi) is 4.92. The first-order valence-electron chi connectivity index (χ1n) is 8.07. The molecule has 2 aromatic heterocycles. The second-order valence-electron chi connectivity index (χ2n) is 6.27. The molecular weight excluding hydrogens is 345 g/mol. The first kappa shape index (κ1) is 17.9. The minimum absolute atomic E-state index is 0.0309. The molecule has 0 fully saturated rings. The van der Waals surface area contributed by atoms with Gasteiger partial charge in [-0.15, -0.1) is 0 Å². The van der Waals surface area contributed by atoms with Crippen LogP contribution in [0.2, 0.25) is 0 Å². The van der Waals surface area contributed by atoms with E-state index < -0.39 is 23.8 Å². The van der Waals surface area contributed by atoms with Crippen LogP contribution in [0, 0.1) is 11.7 Å². The number of carbonyl (C=O) groups is 1. The molecule has 0 saturated carbocycles. The first-order valence-corrected chi connectivity index (χ1v) is 8.07. The monoisotopic (exact) mass is 362 g/mol. The Hall–Kier alpha value is -2.90. The van der Waals surface area contributed by atoms with Crippen molar-refractivity contribution < 1.29 is 18.0 Å². The van der Waals surface area contributed by atoms with Crippen molar-refractivity contribution in [1.29, 1.82) is 0 Å². The molecule has 3 aromatic rings. The molecule has 0 spiro atoms. The van der Waals surface area contributed by atoms with E-state index in [2.05, 4.69) is 15.4 Å². The molecule has 0 unspecified atom stereocenters. The van der Waals surface area contributed by atoms with Crippen LogP contribution in [-0.2, 0) is 0 Å². The lowest BCUT2D eigenvalue weighted by atomic mass is 10.1. The fraction of sp³-hybridized carbons (Fsp3) is 0.278. The third-order valence-corrected chi connectivity index (χ3v) is 3.78. The van der Waals surface area contributed by atoms with Gasteiger partial charge in [-0.05, 0) is 36.2 Å². The van der Waals surface area contributed by atoms with Gasteiger partial charge in [-0.1, -0.05) is 13.8 Å². The minimum Gasteiger partial charge on any atom is -0.352 e. The van der Waals surface area contributed by atoms with E-state index in [0.29, 0.717) is 12.1 Å². The molecule has 8 heteroatoms. The number of hydrogen-bond acceptors (Lipinski definition) is 3. The summed E-state index contributed by atoms with van der Waals surface area (Å²) in [4.78, 5) is 16.7. The van der Waals surface area contributed by atoms with E-state index in [0.717, 1.165) is 4.52 Å². The Morgan fingerprint density at radius 1 is 1.23 bits per heavy atom. The summed E-state index contributed by atoms with van der Waals surface area (Å²) in [5.74, 6) is -0.639. The summed E-state index contributed by atoms with van der Waals surface area (Å²) in [5.41, 5.74) is 0.425. The van der Waals surface area contributed by atoms with Crippen LogP contribution in [-0.4, -0.2) is 27.0 Å². The van der Waals surface area contributed by atoms with E-state index in [1.165, 1.54) is 36.5 Å². The summed E-state index contributed by atoms with van der Waals surface area (Å²) in [5, 5.41) is 6.61. The summed E-state index contributed by atoms with van der Waals surface area (Å²) in [6.45, 7) is 4.32. The molecule has 26 heavy (non-hydrogen) atoms. The number of benzene rings is 1. The van der Waals surface area contributed by atoms with Gasteiger partial charge in [-0.2, -0.15) is 5.10 Å². The summed E-state index contributed by atoms with van der Waals surface area (Å²) in [6.07, 6.45) is -1.59. The molecule has 0 aliphatic heterocycles. The summed E-state index contributed by atoms with van der Waals surface area (Å²) < 4.78 is 41.0. The van der Waals surface area contributed by atoms with Crippen LogP contribution >= 0.6 is 0 Å². The van der Waals surface area contributed by atoms with Crippen LogP contribution in [0.15, 0.2) is 36.5 Å². The normalized spacial score (nSPS) is 11.5. The summed E-state index contributed by atoms with van der Waals surface area (Å²) in [6, 6.07) is 6.51. The zero-order valence-corrected chi connectivity index (χ0v) is 14.2. The van der Waals surface area contributed by atoms with Gasteiger partial charge in [0.1, 0.15) is 17.1 Å². The van der Waals surface area contributed by atoms with Crippen molar-refractivity contribution in [3.8, 4) is 11.3 Å². The highest BCUT2D eigenvalue weighted by Crippen LogP contribution is 2.26. The fourth-order valence-corrected chi connectivity index (χ4v) is 2.46. The van der Waals surface area contributed by atoms with Crippen molar-refractivity contribution in [3.05, 3.63) is 53.6 Å². The second kappa shape index (κ2) is 7.15. The van der Waals surface area contributed by atoms with Crippen LogP contribution in [0.1, 0.15) is 36.3 Å². The van der Waals surface area contributed by atoms with E-state index in [4.69, 9.17) is 0 Å². The van der Waals surface area contributed by atoms with Gasteiger partial charge in [0.15, 0.2) is 5.65 Å². The molecule has 5 nitrogen and oxygen atoms in total. The minimum atomic E-state index is -2.81. The van der Waals surface area contributed by atoms with Crippen molar-refractivity contribution in [2.75, 3.05) is 6.54 Å². The number of rotatable bonds is 5. The molecule has 136 valence electrons. The number of nitrogens with one attached hydrogen (secondary N) is 1. The second-order valence-corrected chi connectivity index (χ2v) is 6.27. The Labute approximate surface area is 147 Å². The van der Waals surface area contributed by atoms with Gasteiger partial charge in [0.2, 0.25) is 0 Å².